The van der Waals surface area contributed by atoms with Gasteiger partial charge in [0.1, 0.15) is 18.3 Å². The van der Waals surface area contributed by atoms with Crippen molar-refractivity contribution in [1.82, 2.24) is 9.55 Å². The second kappa shape index (κ2) is 7.14. The van der Waals surface area contributed by atoms with Crippen LogP contribution in [0.15, 0.2) is 41.9 Å². The van der Waals surface area contributed by atoms with Crippen molar-refractivity contribution in [3.05, 3.63) is 47.5 Å². The third-order valence-electron chi connectivity index (χ3n) is 3.13. The van der Waals surface area contributed by atoms with E-state index in [1.807, 2.05) is 6.92 Å². The molecule has 124 valence electrons. The van der Waals surface area contributed by atoms with E-state index in [1.54, 1.807) is 0 Å². The zero-order valence-electron chi connectivity index (χ0n) is 12.3. The summed E-state index contributed by atoms with van der Waals surface area (Å²) >= 11 is 5.66. The molecule has 1 aromatic carbocycles. The molecule has 1 unspecified atom stereocenters. The van der Waals surface area contributed by atoms with Gasteiger partial charge >= 0.3 is 6.18 Å². The number of aromatic nitrogens is 2. The first-order chi connectivity index (χ1) is 10.8. The van der Waals surface area contributed by atoms with Gasteiger partial charge in [-0.3, -0.25) is 4.57 Å². The fourth-order valence-electron chi connectivity index (χ4n) is 2.06. The maximum Gasteiger partial charge on any atom is 0.418 e. The summed E-state index contributed by atoms with van der Waals surface area (Å²) in [7, 11) is 0. The Labute approximate surface area is 136 Å². The van der Waals surface area contributed by atoms with Crippen LogP contribution in [0.1, 0.15) is 25.3 Å². The maximum absolute atomic E-state index is 13.2. The first-order valence-corrected chi connectivity index (χ1v) is 7.32. The van der Waals surface area contributed by atoms with Crippen molar-refractivity contribution in [1.29, 1.82) is 0 Å². The highest BCUT2D eigenvalue weighted by Gasteiger charge is 2.34. The molecule has 0 fully saturated rings. The van der Waals surface area contributed by atoms with E-state index in [0.717, 1.165) is 6.07 Å². The molecule has 0 saturated heterocycles. The van der Waals surface area contributed by atoms with E-state index in [9.17, 15) is 18.3 Å². The van der Waals surface area contributed by atoms with Gasteiger partial charge in [-0.1, -0.05) is 24.9 Å². The molecule has 0 radical (unpaired) electrons. The third kappa shape index (κ3) is 4.33. The van der Waals surface area contributed by atoms with Crippen LogP contribution in [0.5, 0.6) is 0 Å². The minimum Gasteiger partial charge on any atom is -0.385 e. The Balaban J connectivity index is 2.55. The van der Waals surface area contributed by atoms with Crippen LogP contribution in [0.25, 0.3) is 0 Å². The Bertz CT molecular complexity index is 684. The molecule has 1 atom stereocenters. The Morgan fingerprint density at radius 1 is 1.43 bits per heavy atom. The number of hydrogen-bond donors (Lipinski definition) is 1. The fourth-order valence-corrected chi connectivity index (χ4v) is 2.23. The molecule has 1 heterocycles. The minimum atomic E-state index is -4.60. The molecular weight excluding hydrogens is 331 g/mol. The van der Waals surface area contributed by atoms with Crippen LogP contribution in [-0.4, -0.2) is 26.6 Å². The smallest absolute Gasteiger partial charge is 0.385 e. The summed E-state index contributed by atoms with van der Waals surface area (Å²) in [6.07, 6.45) is -0.235. The predicted octanol–water partition coefficient (Wildman–Crippen LogP) is 4.29. The topological polar surface area (TPSA) is 50.4 Å². The number of nitrogens with zero attached hydrogens (tertiary/aromatic N) is 3. The van der Waals surface area contributed by atoms with E-state index in [2.05, 4.69) is 9.98 Å². The Morgan fingerprint density at radius 3 is 2.74 bits per heavy atom. The number of hydrogen-bond acceptors (Lipinski definition) is 3. The summed E-state index contributed by atoms with van der Waals surface area (Å²) in [5.74, 6) is 0.0807. The van der Waals surface area contributed by atoms with Crippen LogP contribution in [0.2, 0.25) is 5.02 Å². The van der Waals surface area contributed by atoms with Gasteiger partial charge in [-0.2, -0.15) is 13.2 Å². The van der Waals surface area contributed by atoms with Gasteiger partial charge in [0.05, 0.1) is 11.3 Å². The molecule has 2 rings (SSSR count). The third-order valence-corrected chi connectivity index (χ3v) is 3.36. The zero-order valence-corrected chi connectivity index (χ0v) is 13.0. The first kappa shape index (κ1) is 17.5. The Kier molecular flexibility index (Phi) is 5.43. The highest BCUT2D eigenvalue weighted by atomic mass is 35.5. The normalized spacial score (nSPS) is 14.1. The van der Waals surface area contributed by atoms with Crippen molar-refractivity contribution in [2.24, 2.45) is 4.99 Å². The maximum atomic E-state index is 13.2. The van der Waals surface area contributed by atoms with Crippen molar-refractivity contribution in [2.75, 3.05) is 0 Å². The van der Waals surface area contributed by atoms with E-state index >= 15 is 0 Å². The van der Waals surface area contributed by atoms with E-state index < -0.39 is 17.8 Å². The number of aliphatic hydroxyl groups excluding tert-OH is 1. The first-order valence-electron chi connectivity index (χ1n) is 6.94. The lowest BCUT2D eigenvalue weighted by Crippen LogP contribution is -2.26. The summed E-state index contributed by atoms with van der Waals surface area (Å²) in [6.45, 7) is 1.86. The number of benzene rings is 1. The zero-order chi connectivity index (χ0) is 17.0. The Hall–Kier alpha value is -1.86. The molecule has 8 heteroatoms. The van der Waals surface area contributed by atoms with Gasteiger partial charge < -0.3 is 5.11 Å². The number of rotatable bonds is 4. The number of aliphatic imine (C=N–C) groups is 1. The number of alkyl halides is 3. The van der Waals surface area contributed by atoms with Crippen molar-refractivity contribution in [3.8, 4) is 0 Å². The number of imidazole rings is 1. The van der Waals surface area contributed by atoms with Gasteiger partial charge in [-0.15, -0.1) is 0 Å². The van der Waals surface area contributed by atoms with Crippen LogP contribution < -0.4 is 0 Å². The largest absolute Gasteiger partial charge is 0.418 e. The monoisotopic (exact) mass is 345 g/mol. The van der Waals surface area contributed by atoms with E-state index in [0.29, 0.717) is 12.8 Å². The molecule has 0 bridgehead atoms. The van der Waals surface area contributed by atoms with Gasteiger partial charge in [0.2, 0.25) is 0 Å². The van der Waals surface area contributed by atoms with Crippen LogP contribution in [0.4, 0.5) is 18.9 Å². The second-order valence-corrected chi connectivity index (χ2v) is 5.34. The SMILES string of the molecule is CCCC(O)/C(=N/c1ccc(Cl)cc1C(F)(F)F)n1ccnc1. The van der Waals surface area contributed by atoms with Crippen LogP contribution in [-0.2, 0) is 6.18 Å². The molecule has 0 saturated carbocycles. The Morgan fingerprint density at radius 2 is 2.17 bits per heavy atom. The van der Waals surface area contributed by atoms with Crippen LogP contribution in [0, 0.1) is 0 Å². The molecule has 0 amide bonds. The number of halogens is 4. The van der Waals surface area contributed by atoms with Gasteiger partial charge in [0.15, 0.2) is 0 Å². The average molecular weight is 346 g/mol. The molecular formula is C15H15ClF3N3O. The quantitative estimate of drug-likeness (QED) is 0.663. The van der Waals surface area contributed by atoms with Crippen molar-refractivity contribution >= 4 is 23.1 Å². The van der Waals surface area contributed by atoms with Gasteiger partial charge in [-0.25, -0.2) is 9.98 Å². The van der Waals surface area contributed by atoms with E-state index in [-0.39, 0.29) is 16.5 Å². The molecule has 1 N–H and O–H groups in total. The van der Waals surface area contributed by atoms with Gasteiger partial charge in [0.25, 0.3) is 0 Å². The number of aliphatic hydroxyl groups is 1. The summed E-state index contributed by atoms with van der Waals surface area (Å²) in [5, 5.41) is 10.2. The van der Waals surface area contributed by atoms with Crippen molar-refractivity contribution in [2.45, 2.75) is 32.0 Å². The summed E-state index contributed by atoms with van der Waals surface area (Å²) in [6, 6.07) is 3.33. The summed E-state index contributed by atoms with van der Waals surface area (Å²) < 4.78 is 40.9. The lowest BCUT2D eigenvalue weighted by atomic mass is 10.1. The molecule has 0 aliphatic carbocycles. The molecule has 0 aliphatic heterocycles. The minimum absolute atomic E-state index is 0.0328. The molecule has 0 aliphatic rings. The van der Waals surface area contributed by atoms with Gasteiger partial charge in [0, 0.05) is 17.4 Å². The lowest BCUT2D eigenvalue weighted by Gasteiger charge is -2.16. The van der Waals surface area contributed by atoms with Crippen molar-refractivity contribution < 1.29 is 18.3 Å². The van der Waals surface area contributed by atoms with E-state index in [4.69, 9.17) is 11.6 Å². The molecule has 4 nitrogen and oxygen atoms in total. The van der Waals surface area contributed by atoms with Crippen LogP contribution >= 0.6 is 11.6 Å². The molecule has 2 aromatic rings. The highest BCUT2D eigenvalue weighted by molar-refractivity contribution is 6.30. The molecule has 23 heavy (non-hydrogen) atoms. The molecule has 0 spiro atoms. The van der Waals surface area contributed by atoms with Crippen LogP contribution in [0.3, 0.4) is 0 Å². The standard InChI is InChI=1S/C15H15ClF3N3O/c1-2-3-13(23)14(22-7-6-20-9-22)21-12-5-4-10(16)8-11(12)15(17,18)19/h4-9,13,23H,2-3H2,1H3/b21-14-. The fraction of sp³-hybridized carbons (Fsp3) is 0.333. The van der Waals surface area contributed by atoms with E-state index in [1.165, 1.54) is 35.4 Å². The predicted molar refractivity (Wildman–Crippen MR) is 82.1 cm³/mol. The second-order valence-electron chi connectivity index (χ2n) is 4.90. The van der Waals surface area contributed by atoms with Gasteiger partial charge in [-0.05, 0) is 24.6 Å². The van der Waals surface area contributed by atoms with Crippen molar-refractivity contribution in [3.63, 3.8) is 0 Å². The summed E-state index contributed by atoms with van der Waals surface area (Å²) in [4.78, 5) is 7.88. The molecule has 1 aromatic heterocycles. The lowest BCUT2D eigenvalue weighted by molar-refractivity contribution is -0.137. The average Bonchev–Trinajstić information content (AvgIpc) is 2.99. The summed E-state index contributed by atoms with van der Waals surface area (Å²) in [5.41, 5.74) is -1.26. The highest BCUT2D eigenvalue weighted by Crippen LogP contribution is 2.38.